The Hall–Kier alpha value is -0.610. The predicted octanol–water partition coefficient (Wildman–Crippen LogP) is -0.847. The number of hydrogen-bond acceptors (Lipinski definition) is 2. The first-order valence-electron chi connectivity index (χ1n) is 3.79. The summed E-state index contributed by atoms with van der Waals surface area (Å²) in [6, 6.07) is 0. The first-order valence-corrected chi connectivity index (χ1v) is 3.79. The van der Waals surface area contributed by atoms with Crippen LogP contribution in [0.1, 0.15) is 12.8 Å². The lowest BCUT2D eigenvalue weighted by Gasteiger charge is -2.35. The van der Waals surface area contributed by atoms with Gasteiger partial charge in [0.15, 0.2) is 0 Å². The van der Waals surface area contributed by atoms with Crippen LogP contribution >= 0.6 is 0 Å². The largest absolute Gasteiger partial charge is 0.380 e. The summed E-state index contributed by atoms with van der Waals surface area (Å²) >= 11 is 0. The van der Waals surface area contributed by atoms with E-state index in [-0.39, 0.29) is 19.0 Å². The predicted molar refractivity (Wildman–Crippen MR) is 35.2 cm³/mol. The van der Waals surface area contributed by atoms with E-state index in [9.17, 15) is 15.0 Å². The summed E-state index contributed by atoms with van der Waals surface area (Å²) in [6.07, 6.45) is 0.499. The third kappa shape index (κ3) is 1.02. The van der Waals surface area contributed by atoms with E-state index in [1.807, 2.05) is 0 Å². The second-order valence-electron chi connectivity index (χ2n) is 3.36. The molecule has 0 atom stereocenters. The SMILES string of the molecule is [O]C1CN(C(=O)C2(O)CC2)C1. The van der Waals surface area contributed by atoms with Crippen molar-refractivity contribution in [1.82, 2.24) is 4.90 Å². The molecule has 1 amide bonds. The minimum atomic E-state index is -1.08. The van der Waals surface area contributed by atoms with Crippen LogP contribution in [0, 0.1) is 0 Å². The highest BCUT2D eigenvalue weighted by molar-refractivity contribution is 5.88. The van der Waals surface area contributed by atoms with Gasteiger partial charge in [-0.2, -0.15) is 0 Å². The second-order valence-corrected chi connectivity index (χ2v) is 3.36. The fourth-order valence-corrected chi connectivity index (χ4v) is 1.23. The maximum atomic E-state index is 11.2. The Morgan fingerprint density at radius 2 is 2.00 bits per heavy atom. The molecule has 2 rings (SSSR count). The first-order chi connectivity index (χ1) is 5.12. The van der Waals surface area contributed by atoms with Crippen molar-refractivity contribution >= 4 is 5.91 Å². The first kappa shape index (κ1) is 7.06. The van der Waals surface area contributed by atoms with Crippen LogP contribution in [0.2, 0.25) is 0 Å². The number of rotatable bonds is 1. The van der Waals surface area contributed by atoms with Gasteiger partial charge < -0.3 is 10.0 Å². The molecule has 4 heteroatoms. The van der Waals surface area contributed by atoms with Gasteiger partial charge in [-0.15, -0.1) is 0 Å². The smallest absolute Gasteiger partial charge is 0.254 e. The highest BCUT2D eigenvalue weighted by atomic mass is 16.3. The molecular formula is C7H10NO3. The average molecular weight is 156 g/mol. The number of carbonyl (C=O) groups excluding carboxylic acids is 1. The summed E-state index contributed by atoms with van der Waals surface area (Å²) in [4.78, 5) is 12.6. The number of nitrogens with zero attached hydrogens (tertiary/aromatic N) is 1. The fraction of sp³-hybridized carbons (Fsp3) is 0.857. The van der Waals surface area contributed by atoms with E-state index in [2.05, 4.69) is 0 Å². The van der Waals surface area contributed by atoms with Gasteiger partial charge in [-0.25, -0.2) is 5.11 Å². The van der Waals surface area contributed by atoms with Crippen LogP contribution in [-0.4, -0.2) is 40.7 Å². The summed E-state index contributed by atoms with van der Waals surface area (Å²) in [7, 11) is 0. The minimum Gasteiger partial charge on any atom is -0.380 e. The minimum absolute atomic E-state index is 0.246. The zero-order valence-electron chi connectivity index (χ0n) is 6.12. The van der Waals surface area contributed by atoms with E-state index in [1.165, 1.54) is 4.90 Å². The van der Waals surface area contributed by atoms with Crippen LogP contribution in [0.3, 0.4) is 0 Å². The summed E-state index contributed by atoms with van der Waals surface area (Å²) in [5.74, 6) is -0.246. The molecule has 1 heterocycles. The Labute approximate surface area is 64.4 Å². The third-order valence-electron chi connectivity index (χ3n) is 2.26. The maximum absolute atomic E-state index is 11.2. The third-order valence-corrected chi connectivity index (χ3v) is 2.26. The Morgan fingerprint density at radius 3 is 2.36 bits per heavy atom. The van der Waals surface area contributed by atoms with Crippen LogP contribution in [0.25, 0.3) is 0 Å². The molecule has 0 aromatic heterocycles. The molecule has 0 spiro atoms. The fourth-order valence-electron chi connectivity index (χ4n) is 1.23. The molecule has 1 saturated carbocycles. The van der Waals surface area contributed by atoms with Crippen molar-refractivity contribution < 1.29 is 15.0 Å². The van der Waals surface area contributed by atoms with Gasteiger partial charge in [0, 0.05) is 0 Å². The van der Waals surface area contributed by atoms with Crippen molar-refractivity contribution in [2.45, 2.75) is 24.5 Å². The molecule has 0 aromatic carbocycles. The van der Waals surface area contributed by atoms with Crippen molar-refractivity contribution in [2.75, 3.05) is 13.1 Å². The van der Waals surface area contributed by atoms with Crippen molar-refractivity contribution in [1.29, 1.82) is 0 Å². The molecule has 1 radical (unpaired) electrons. The monoisotopic (exact) mass is 156 g/mol. The topological polar surface area (TPSA) is 60.4 Å². The van der Waals surface area contributed by atoms with Gasteiger partial charge in [0.2, 0.25) is 0 Å². The number of carbonyl (C=O) groups is 1. The number of amides is 1. The molecule has 0 bridgehead atoms. The lowest BCUT2D eigenvalue weighted by Crippen LogP contribution is -2.56. The summed E-state index contributed by atoms with van der Waals surface area (Å²) in [6.45, 7) is 0.558. The molecule has 1 aliphatic carbocycles. The molecule has 2 fully saturated rings. The van der Waals surface area contributed by atoms with E-state index in [4.69, 9.17) is 0 Å². The van der Waals surface area contributed by atoms with Gasteiger partial charge >= 0.3 is 0 Å². The van der Waals surface area contributed by atoms with E-state index in [1.54, 1.807) is 0 Å². The molecule has 4 nitrogen and oxygen atoms in total. The molecule has 1 N–H and O–H groups in total. The number of likely N-dealkylation sites (tertiary alicyclic amines) is 1. The molecule has 0 aromatic rings. The van der Waals surface area contributed by atoms with Crippen molar-refractivity contribution in [3.63, 3.8) is 0 Å². The summed E-state index contributed by atoms with van der Waals surface area (Å²) in [5.41, 5.74) is -1.08. The standard InChI is InChI=1S/C7H10NO3/c9-5-3-8(4-5)6(10)7(11)1-2-7/h5,11H,1-4H2. The molecule has 1 aliphatic heterocycles. The van der Waals surface area contributed by atoms with Crippen LogP contribution in [0.5, 0.6) is 0 Å². The van der Waals surface area contributed by atoms with Gasteiger partial charge in [-0.1, -0.05) is 0 Å². The van der Waals surface area contributed by atoms with Crippen molar-refractivity contribution in [2.24, 2.45) is 0 Å². The van der Waals surface area contributed by atoms with Crippen LogP contribution in [-0.2, 0) is 9.90 Å². The van der Waals surface area contributed by atoms with Gasteiger partial charge in [-0.3, -0.25) is 4.79 Å². The highest BCUT2D eigenvalue weighted by Gasteiger charge is 2.52. The Kier molecular flexibility index (Phi) is 1.25. The van der Waals surface area contributed by atoms with E-state index < -0.39 is 11.7 Å². The lowest BCUT2D eigenvalue weighted by molar-refractivity contribution is -0.156. The maximum Gasteiger partial charge on any atom is 0.254 e. The molecular weight excluding hydrogens is 146 g/mol. The molecule has 1 saturated heterocycles. The van der Waals surface area contributed by atoms with E-state index in [0.717, 1.165) is 0 Å². The zero-order chi connectivity index (χ0) is 8.06. The van der Waals surface area contributed by atoms with Crippen LogP contribution in [0.15, 0.2) is 0 Å². The van der Waals surface area contributed by atoms with Crippen LogP contribution < -0.4 is 0 Å². The number of aliphatic hydroxyl groups is 1. The summed E-state index contributed by atoms with van der Waals surface area (Å²) < 4.78 is 0. The molecule has 61 valence electrons. The molecule has 11 heavy (non-hydrogen) atoms. The van der Waals surface area contributed by atoms with Crippen LogP contribution in [0.4, 0.5) is 0 Å². The zero-order valence-corrected chi connectivity index (χ0v) is 6.12. The second kappa shape index (κ2) is 1.95. The normalized spacial score (nSPS) is 28.0. The van der Waals surface area contributed by atoms with Crippen molar-refractivity contribution in [3.05, 3.63) is 0 Å². The van der Waals surface area contributed by atoms with Gasteiger partial charge in [-0.05, 0) is 12.8 Å². The summed E-state index contributed by atoms with van der Waals surface area (Å²) in [5, 5.41) is 19.9. The van der Waals surface area contributed by atoms with Gasteiger partial charge in [0.25, 0.3) is 5.91 Å². The average Bonchev–Trinajstić information content (AvgIpc) is 2.61. The Bertz CT molecular complexity index is 194. The highest BCUT2D eigenvalue weighted by Crippen LogP contribution is 2.37. The number of hydrogen-bond donors (Lipinski definition) is 1. The Balaban J connectivity index is 1.91. The molecule has 0 unspecified atom stereocenters. The van der Waals surface area contributed by atoms with Crippen molar-refractivity contribution in [3.8, 4) is 0 Å². The van der Waals surface area contributed by atoms with Gasteiger partial charge in [0.1, 0.15) is 11.7 Å². The molecule has 2 aliphatic rings. The van der Waals surface area contributed by atoms with E-state index >= 15 is 0 Å². The van der Waals surface area contributed by atoms with Gasteiger partial charge in [0.05, 0.1) is 13.1 Å². The van der Waals surface area contributed by atoms with E-state index in [0.29, 0.717) is 12.8 Å². The Morgan fingerprint density at radius 1 is 1.45 bits per heavy atom. The quantitative estimate of drug-likeness (QED) is 0.537. The lowest BCUT2D eigenvalue weighted by atomic mass is 10.1.